The monoisotopic (exact) mass is 438 g/mol. The summed E-state index contributed by atoms with van der Waals surface area (Å²) in [5.74, 6) is -0.122. The molecule has 2 N–H and O–H groups in total. The Hall–Kier alpha value is -1.47. The second kappa shape index (κ2) is 5.87. The standard InChI is InChI=1S/C16H16Br2N4O/c1-10-3-5-11(6-4-10)13-12(7-19-21-13)8-20-22-14(23)15(2)9-16(15,17)18/h3-8H,9H2,1-2H3,(H,19,21)(H,22,23)/b20-8-/t15-/m0/s1. The molecule has 5 nitrogen and oxygen atoms in total. The molecule has 23 heavy (non-hydrogen) atoms. The summed E-state index contributed by atoms with van der Waals surface area (Å²) < 4.78 is -0.324. The highest BCUT2D eigenvalue weighted by Gasteiger charge is 2.66. The van der Waals surface area contributed by atoms with Gasteiger partial charge in [-0.05, 0) is 20.3 Å². The van der Waals surface area contributed by atoms with Gasteiger partial charge in [-0.3, -0.25) is 9.89 Å². The number of nitrogens with zero attached hydrogens (tertiary/aromatic N) is 2. The molecule has 1 aromatic heterocycles. The first-order chi connectivity index (χ1) is 10.8. The maximum absolute atomic E-state index is 12.2. The molecule has 1 aliphatic rings. The van der Waals surface area contributed by atoms with Crippen LogP contribution in [-0.2, 0) is 4.79 Å². The number of amides is 1. The second-order valence-electron chi connectivity index (χ2n) is 5.98. The number of rotatable bonds is 4. The lowest BCUT2D eigenvalue weighted by atomic mass is 10.1. The highest BCUT2D eigenvalue weighted by Crippen LogP contribution is 2.66. The fourth-order valence-corrected chi connectivity index (χ4v) is 3.76. The average molecular weight is 440 g/mol. The van der Waals surface area contributed by atoms with Gasteiger partial charge in [-0.1, -0.05) is 61.7 Å². The van der Waals surface area contributed by atoms with E-state index in [-0.39, 0.29) is 9.14 Å². The van der Waals surface area contributed by atoms with Gasteiger partial charge in [0, 0.05) is 11.1 Å². The van der Waals surface area contributed by atoms with Crippen molar-refractivity contribution in [3.8, 4) is 11.3 Å². The van der Waals surface area contributed by atoms with Gasteiger partial charge in [0.2, 0.25) is 5.91 Å². The first-order valence-electron chi connectivity index (χ1n) is 7.15. The van der Waals surface area contributed by atoms with Crippen LogP contribution in [0.3, 0.4) is 0 Å². The van der Waals surface area contributed by atoms with Crippen LogP contribution in [0, 0.1) is 12.3 Å². The number of aryl methyl sites for hydroxylation is 1. The number of halogens is 2. The number of carbonyl (C=O) groups is 1. The van der Waals surface area contributed by atoms with E-state index in [1.807, 2.05) is 38.1 Å². The molecule has 1 heterocycles. The van der Waals surface area contributed by atoms with Crippen LogP contribution in [0.5, 0.6) is 0 Å². The Labute approximate surface area is 151 Å². The SMILES string of the molecule is Cc1ccc(-c2[nH]ncc2/C=N\NC(=O)[C@]2(C)CC2(Br)Br)cc1. The molecule has 7 heteroatoms. The van der Waals surface area contributed by atoms with Crippen LogP contribution in [0.15, 0.2) is 35.6 Å². The van der Waals surface area contributed by atoms with Gasteiger partial charge in [0.15, 0.2) is 0 Å². The smallest absolute Gasteiger partial charge is 0.248 e. The molecule has 1 saturated carbocycles. The normalized spacial score (nSPS) is 22.3. The number of carbonyl (C=O) groups excluding carboxylic acids is 1. The molecule has 0 spiro atoms. The number of aromatic amines is 1. The summed E-state index contributed by atoms with van der Waals surface area (Å²) in [5, 5.41) is 11.1. The molecule has 0 saturated heterocycles. The van der Waals surface area contributed by atoms with Gasteiger partial charge in [-0.15, -0.1) is 0 Å². The predicted molar refractivity (Wildman–Crippen MR) is 97.8 cm³/mol. The Morgan fingerprint density at radius 1 is 1.39 bits per heavy atom. The maximum atomic E-state index is 12.2. The minimum Gasteiger partial charge on any atom is -0.277 e. The zero-order valence-electron chi connectivity index (χ0n) is 12.7. The van der Waals surface area contributed by atoms with E-state index in [0.717, 1.165) is 23.2 Å². The third-order valence-electron chi connectivity index (χ3n) is 4.14. The van der Waals surface area contributed by atoms with E-state index in [0.29, 0.717) is 0 Å². The molecule has 120 valence electrons. The van der Waals surface area contributed by atoms with Crippen LogP contribution in [0.4, 0.5) is 0 Å². The summed E-state index contributed by atoms with van der Waals surface area (Å²) in [4.78, 5) is 12.2. The first kappa shape index (κ1) is 16.4. The zero-order chi connectivity index (χ0) is 16.7. The van der Waals surface area contributed by atoms with E-state index in [1.165, 1.54) is 5.56 Å². The quantitative estimate of drug-likeness (QED) is 0.432. The summed E-state index contributed by atoms with van der Waals surface area (Å²) in [6.07, 6.45) is 4.01. The molecule has 1 atom stereocenters. The summed E-state index contributed by atoms with van der Waals surface area (Å²) in [5.41, 5.74) is 6.02. The highest BCUT2D eigenvalue weighted by atomic mass is 79.9. The van der Waals surface area contributed by atoms with Crippen molar-refractivity contribution in [1.29, 1.82) is 0 Å². The average Bonchev–Trinajstić information content (AvgIpc) is 2.86. The van der Waals surface area contributed by atoms with Gasteiger partial charge in [-0.25, -0.2) is 5.43 Å². The third-order valence-corrected chi connectivity index (χ3v) is 6.45. The first-order valence-corrected chi connectivity index (χ1v) is 8.74. The minimum absolute atomic E-state index is 0.122. The lowest BCUT2D eigenvalue weighted by Gasteiger charge is -2.09. The maximum Gasteiger partial charge on any atom is 0.248 e. The van der Waals surface area contributed by atoms with Crippen molar-refractivity contribution in [1.82, 2.24) is 15.6 Å². The number of benzene rings is 1. The molecular weight excluding hydrogens is 424 g/mol. The Morgan fingerprint density at radius 3 is 2.65 bits per heavy atom. The van der Waals surface area contributed by atoms with Crippen molar-refractivity contribution in [3.63, 3.8) is 0 Å². The number of hydrazone groups is 1. The number of hydrogen-bond donors (Lipinski definition) is 2. The molecule has 0 aliphatic heterocycles. The predicted octanol–water partition coefficient (Wildman–Crippen LogP) is 3.73. The van der Waals surface area contributed by atoms with Crippen molar-refractivity contribution >= 4 is 44.0 Å². The van der Waals surface area contributed by atoms with E-state index < -0.39 is 5.41 Å². The van der Waals surface area contributed by atoms with Crippen LogP contribution in [0.1, 0.15) is 24.5 Å². The molecule has 1 aliphatic carbocycles. The van der Waals surface area contributed by atoms with Gasteiger partial charge in [-0.2, -0.15) is 10.2 Å². The Bertz CT molecular complexity index is 767. The summed E-state index contributed by atoms with van der Waals surface area (Å²) in [6.45, 7) is 3.93. The molecular formula is C16H16Br2N4O. The van der Waals surface area contributed by atoms with E-state index in [9.17, 15) is 4.79 Å². The fraction of sp³-hybridized carbons (Fsp3) is 0.312. The van der Waals surface area contributed by atoms with Crippen LogP contribution in [0.2, 0.25) is 0 Å². The fourth-order valence-electron chi connectivity index (χ4n) is 2.27. The van der Waals surface area contributed by atoms with E-state index in [1.54, 1.807) is 12.4 Å². The Balaban J connectivity index is 1.71. The Morgan fingerprint density at radius 2 is 2.04 bits per heavy atom. The number of nitrogens with one attached hydrogen (secondary N) is 2. The minimum atomic E-state index is -0.486. The molecule has 1 aromatic carbocycles. The number of hydrogen-bond acceptors (Lipinski definition) is 3. The van der Waals surface area contributed by atoms with E-state index in [2.05, 4.69) is 52.6 Å². The lowest BCUT2D eigenvalue weighted by molar-refractivity contribution is -0.125. The van der Waals surface area contributed by atoms with Gasteiger partial charge in [0.1, 0.15) is 0 Å². The van der Waals surface area contributed by atoms with Crippen LogP contribution in [0.25, 0.3) is 11.3 Å². The van der Waals surface area contributed by atoms with E-state index in [4.69, 9.17) is 0 Å². The summed E-state index contributed by atoms with van der Waals surface area (Å²) in [6, 6.07) is 8.12. The Kier molecular flexibility index (Phi) is 4.18. The third kappa shape index (κ3) is 3.12. The van der Waals surface area contributed by atoms with Crippen LogP contribution in [-0.4, -0.2) is 25.6 Å². The second-order valence-corrected chi connectivity index (χ2v) is 9.75. The van der Waals surface area contributed by atoms with Crippen molar-refractivity contribution < 1.29 is 4.79 Å². The molecule has 0 unspecified atom stereocenters. The molecule has 1 amide bonds. The highest BCUT2D eigenvalue weighted by molar-refractivity contribution is 9.25. The molecule has 3 rings (SSSR count). The van der Waals surface area contributed by atoms with Crippen molar-refractivity contribution in [2.75, 3.05) is 0 Å². The molecule has 2 aromatic rings. The van der Waals surface area contributed by atoms with Gasteiger partial charge in [0.25, 0.3) is 0 Å². The van der Waals surface area contributed by atoms with Crippen molar-refractivity contribution in [2.24, 2.45) is 10.5 Å². The van der Waals surface area contributed by atoms with Gasteiger partial charge >= 0.3 is 0 Å². The number of alkyl halides is 2. The summed E-state index contributed by atoms with van der Waals surface area (Å²) >= 11 is 6.95. The van der Waals surface area contributed by atoms with Crippen LogP contribution < -0.4 is 5.43 Å². The molecule has 0 radical (unpaired) electrons. The van der Waals surface area contributed by atoms with Crippen LogP contribution >= 0.6 is 31.9 Å². The van der Waals surface area contributed by atoms with E-state index >= 15 is 0 Å². The number of aromatic nitrogens is 2. The largest absolute Gasteiger partial charge is 0.277 e. The lowest BCUT2D eigenvalue weighted by Crippen LogP contribution is -2.29. The zero-order valence-corrected chi connectivity index (χ0v) is 15.9. The van der Waals surface area contributed by atoms with Gasteiger partial charge in [0.05, 0.1) is 26.8 Å². The molecule has 0 bridgehead atoms. The number of H-pyrrole nitrogens is 1. The van der Waals surface area contributed by atoms with Crippen molar-refractivity contribution in [2.45, 2.75) is 23.5 Å². The summed E-state index contributed by atoms with van der Waals surface area (Å²) in [7, 11) is 0. The topological polar surface area (TPSA) is 70.1 Å². The molecule has 1 fully saturated rings. The van der Waals surface area contributed by atoms with Gasteiger partial charge < -0.3 is 0 Å². The van der Waals surface area contributed by atoms with Crippen molar-refractivity contribution in [3.05, 3.63) is 41.6 Å².